The Labute approximate surface area is 103 Å². The molecule has 18 heavy (non-hydrogen) atoms. The molecule has 2 N–H and O–H groups in total. The molecule has 0 aliphatic carbocycles. The van der Waals surface area contributed by atoms with E-state index in [0.29, 0.717) is 11.3 Å². The molecular formula is C11H15F3N2O2. The summed E-state index contributed by atoms with van der Waals surface area (Å²) in [6.07, 6.45) is -3.99. The monoisotopic (exact) mass is 264 g/mol. The van der Waals surface area contributed by atoms with Crippen molar-refractivity contribution in [2.45, 2.75) is 25.2 Å². The van der Waals surface area contributed by atoms with Gasteiger partial charge in [-0.25, -0.2) is 0 Å². The highest BCUT2D eigenvalue weighted by molar-refractivity contribution is 5.32. The average molecular weight is 264 g/mol. The maximum atomic E-state index is 12.1. The number of pyridine rings is 1. The zero-order valence-electron chi connectivity index (χ0n) is 10.0. The minimum absolute atomic E-state index is 0.389. The predicted molar refractivity (Wildman–Crippen MR) is 59.3 cm³/mol. The Kier molecular flexibility index (Phi) is 4.92. The van der Waals surface area contributed by atoms with Gasteiger partial charge >= 0.3 is 6.18 Å². The number of rotatable bonds is 5. The van der Waals surface area contributed by atoms with Crippen molar-refractivity contribution >= 4 is 0 Å². The molecule has 1 rings (SSSR count). The summed E-state index contributed by atoms with van der Waals surface area (Å²) in [4.78, 5) is 3.85. The van der Waals surface area contributed by atoms with Crippen LogP contribution in [0.3, 0.4) is 0 Å². The van der Waals surface area contributed by atoms with Crippen LogP contribution in [-0.4, -0.2) is 36.0 Å². The Hall–Kier alpha value is -1.34. The molecule has 0 bridgehead atoms. The number of alkyl halides is 3. The molecule has 0 spiro atoms. The van der Waals surface area contributed by atoms with Gasteiger partial charge in [-0.05, 0) is 13.0 Å². The summed E-state index contributed by atoms with van der Waals surface area (Å²) in [5.41, 5.74) is 0.682. The maximum Gasteiger partial charge on any atom is 0.415 e. The van der Waals surface area contributed by atoms with Gasteiger partial charge < -0.3 is 15.2 Å². The van der Waals surface area contributed by atoms with Gasteiger partial charge in [0.1, 0.15) is 5.75 Å². The van der Waals surface area contributed by atoms with Crippen molar-refractivity contribution in [2.24, 2.45) is 0 Å². The van der Waals surface area contributed by atoms with Crippen molar-refractivity contribution in [1.82, 2.24) is 10.3 Å². The second-order valence-electron chi connectivity index (χ2n) is 3.80. The smallest absolute Gasteiger partial charge is 0.415 e. The van der Waals surface area contributed by atoms with Crippen LogP contribution in [0.4, 0.5) is 13.2 Å². The molecule has 1 aromatic heterocycles. The summed E-state index contributed by atoms with van der Waals surface area (Å²) in [5.74, 6) is 0.485. The number of hydrogen-bond donors (Lipinski definition) is 2. The summed E-state index contributed by atoms with van der Waals surface area (Å²) in [5, 5.41) is 11.5. The Morgan fingerprint density at radius 2 is 2.17 bits per heavy atom. The molecule has 0 aromatic carbocycles. The number of nitrogens with zero attached hydrogens (tertiary/aromatic N) is 1. The van der Waals surface area contributed by atoms with Gasteiger partial charge in [0.25, 0.3) is 0 Å². The largest absolute Gasteiger partial charge is 0.495 e. The van der Waals surface area contributed by atoms with Crippen LogP contribution < -0.4 is 10.1 Å². The van der Waals surface area contributed by atoms with Crippen molar-refractivity contribution in [3.8, 4) is 5.75 Å². The average Bonchev–Trinajstić information content (AvgIpc) is 2.34. The van der Waals surface area contributed by atoms with Crippen molar-refractivity contribution < 1.29 is 23.0 Å². The van der Waals surface area contributed by atoms with Crippen molar-refractivity contribution in [1.29, 1.82) is 0 Å². The number of halogens is 3. The normalized spacial score (nSPS) is 15.2. The lowest BCUT2D eigenvalue weighted by atomic mass is 10.1. The number of aromatic nitrogens is 1. The van der Waals surface area contributed by atoms with Gasteiger partial charge in [0.2, 0.25) is 0 Å². The van der Waals surface area contributed by atoms with Gasteiger partial charge in [0.15, 0.2) is 6.10 Å². The fourth-order valence-electron chi connectivity index (χ4n) is 1.43. The number of methoxy groups -OCH3 is 1. The highest BCUT2D eigenvalue weighted by atomic mass is 19.4. The Morgan fingerprint density at radius 1 is 1.50 bits per heavy atom. The van der Waals surface area contributed by atoms with Crippen LogP contribution in [0.15, 0.2) is 18.5 Å². The molecule has 102 valence electrons. The molecule has 2 atom stereocenters. The highest BCUT2D eigenvalue weighted by Gasteiger charge is 2.38. The zero-order valence-corrected chi connectivity index (χ0v) is 10.0. The molecule has 0 saturated heterocycles. The highest BCUT2D eigenvalue weighted by Crippen LogP contribution is 2.24. The zero-order chi connectivity index (χ0) is 13.8. The van der Waals surface area contributed by atoms with Gasteiger partial charge in [0, 0.05) is 24.3 Å². The van der Waals surface area contributed by atoms with E-state index in [4.69, 9.17) is 9.84 Å². The molecule has 4 nitrogen and oxygen atoms in total. The van der Waals surface area contributed by atoms with E-state index in [1.807, 2.05) is 0 Å². The molecule has 1 heterocycles. The summed E-state index contributed by atoms with van der Waals surface area (Å²) >= 11 is 0. The third kappa shape index (κ3) is 3.85. The summed E-state index contributed by atoms with van der Waals surface area (Å²) in [6, 6.07) is 1.26. The summed E-state index contributed by atoms with van der Waals surface area (Å²) in [7, 11) is 1.46. The van der Waals surface area contributed by atoms with E-state index in [9.17, 15) is 13.2 Å². The van der Waals surface area contributed by atoms with Crippen molar-refractivity contribution in [2.75, 3.05) is 13.7 Å². The van der Waals surface area contributed by atoms with Gasteiger partial charge in [-0.3, -0.25) is 4.98 Å². The number of ether oxygens (including phenoxy) is 1. The fraction of sp³-hybridized carbons (Fsp3) is 0.545. The molecule has 0 fully saturated rings. The van der Waals surface area contributed by atoms with Crippen LogP contribution >= 0.6 is 0 Å². The minimum atomic E-state index is -4.62. The lowest BCUT2D eigenvalue weighted by Crippen LogP contribution is -2.39. The summed E-state index contributed by atoms with van der Waals surface area (Å²) in [6.45, 7) is 1.11. The molecule has 7 heteroatoms. The SMILES string of the molecule is COc1cnccc1[C@@H](C)NC[C@@H](O)C(F)(F)F. The van der Waals surface area contributed by atoms with Crippen LogP contribution in [0.2, 0.25) is 0 Å². The van der Waals surface area contributed by atoms with Gasteiger partial charge in [-0.15, -0.1) is 0 Å². The minimum Gasteiger partial charge on any atom is -0.495 e. The third-order valence-corrected chi connectivity index (χ3v) is 2.50. The van der Waals surface area contributed by atoms with E-state index in [1.165, 1.54) is 19.5 Å². The lowest BCUT2D eigenvalue weighted by Gasteiger charge is -2.20. The first-order chi connectivity index (χ1) is 8.36. The molecule has 1 aromatic rings. The molecule has 0 aliphatic rings. The lowest BCUT2D eigenvalue weighted by molar-refractivity contribution is -0.202. The van der Waals surface area contributed by atoms with Crippen molar-refractivity contribution in [3.63, 3.8) is 0 Å². The first kappa shape index (κ1) is 14.7. The maximum absolute atomic E-state index is 12.1. The fourth-order valence-corrected chi connectivity index (χ4v) is 1.43. The number of hydrogen-bond acceptors (Lipinski definition) is 4. The van der Waals surface area contributed by atoms with Gasteiger partial charge in [-0.2, -0.15) is 13.2 Å². The van der Waals surface area contributed by atoms with Crippen LogP contribution in [0.5, 0.6) is 5.75 Å². The van der Waals surface area contributed by atoms with Crippen LogP contribution in [-0.2, 0) is 0 Å². The first-order valence-electron chi connectivity index (χ1n) is 5.32. The Balaban J connectivity index is 2.63. The third-order valence-electron chi connectivity index (χ3n) is 2.50. The standard InChI is InChI=1S/C11H15F3N2O2/c1-7(16-6-10(17)11(12,13)14)8-3-4-15-5-9(8)18-2/h3-5,7,10,16-17H,6H2,1-2H3/t7-,10-/m1/s1. The topological polar surface area (TPSA) is 54.4 Å². The van der Waals surface area contributed by atoms with Gasteiger partial charge in [-0.1, -0.05) is 0 Å². The predicted octanol–water partition coefficient (Wildman–Crippen LogP) is 1.66. The Morgan fingerprint density at radius 3 is 2.72 bits per heavy atom. The van der Waals surface area contributed by atoms with Crippen LogP contribution in [0.1, 0.15) is 18.5 Å². The van der Waals surface area contributed by atoms with E-state index < -0.39 is 18.8 Å². The number of nitrogens with one attached hydrogen (secondary N) is 1. The second-order valence-corrected chi connectivity index (χ2v) is 3.80. The molecule has 0 aliphatic heterocycles. The van der Waals surface area contributed by atoms with E-state index in [1.54, 1.807) is 13.0 Å². The number of aliphatic hydroxyl groups excluding tert-OH is 1. The number of aliphatic hydroxyl groups is 1. The van der Waals surface area contributed by atoms with E-state index in [2.05, 4.69) is 10.3 Å². The Bertz CT molecular complexity index is 385. The van der Waals surface area contributed by atoms with Crippen molar-refractivity contribution in [3.05, 3.63) is 24.0 Å². The van der Waals surface area contributed by atoms with Gasteiger partial charge in [0.05, 0.1) is 13.3 Å². The van der Waals surface area contributed by atoms with E-state index >= 15 is 0 Å². The van der Waals surface area contributed by atoms with E-state index in [-0.39, 0.29) is 6.04 Å². The second kappa shape index (κ2) is 6.01. The van der Waals surface area contributed by atoms with E-state index in [0.717, 1.165) is 0 Å². The molecular weight excluding hydrogens is 249 g/mol. The quantitative estimate of drug-likeness (QED) is 0.849. The van der Waals surface area contributed by atoms with Crippen LogP contribution in [0, 0.1) is 0 Å². The first-order valence-corrected chi connectivity index (χ1v) is 5.32. The summed E-state index contributed by atoms with van der Waals surface area (Å²) < 4.78 is 41.4. The molecule has 0 saturated carbocycles. The molecule has 0 radical (unpaired) electrons. The molecule has 0 unspecified atom stereocenters. The van der Waals surface area contributed by atoms with Crippen LogP contribution in [0.25, 0.3) is 0 Å². The molecule has 0 amide bonds.